The first kappa shape index (κ1) is 33.7. The molecule has 1 saturated heterocycles. The van der Waals surface area contributed by atoms with Gasteiger partial charge in [0.15, 0.2) is 0 Å². The highest BCUT2D eigenvalue weighted by atomic mass is 28.3. The Kier molecular flexibility index (Phi) is 10.1. The number of aromatic amines is 1. The number of anilines is 1. The molecule has 0 saturated carbocycles. The smallest absolute Gasteiger partial charge is 0.419 e. The second-order valence-corrected chi connectivity index (χ2v) is 17.8. The summed E-state index contributed by atoms with van der Waals surface area (Å²) in [4.78, 5) is 37.2. The van der Waals surface area contributed by atoms with E-state index >= 15 is 0 Å². The maximum atomic E-state index is 13.3. The van der Waals surface area contributed by atoms with Crippen LogP contribution in [0.1, 0.15) is 68.6 Å². The van der Waals surface area contributed by atoms with Gasteiger partial charge in [-0.05, 0) is 41.7 Å². The number of amides is 1. The van der Waals surface area contributed by atoms with E-state index in [1.54, 1.807) is 41.0 Å². The minimum Gasteiger partial charge on any atom is -0.437 e. The lowest BCUT2D eigenvalue weighted by Gasteiger charge is -2.38. The number of piperazine rings is 1. The van der Waals surface area contributed by atoms with Crippen molar-refractivity contribution >= 4 is 19.9 Å². The number of nitrogens with zero attached hydrogens (tertiary/aromatic N) is 5. The molecule has 1 fully saturated rings. The normalized spacial score (nSPS) is 14.2. The molecule has 2 aromatic heterocycles. The van der Waals surface area contributed by atoms with Gasteiger partial charge in [-0.3, -0.25) is 9.59 Å². The molecule has 3 aromatic rings. The molecule has 0 unspecified atom stereocenters. The SMILES string of the molecule is Cc1c(Oc2cccc(C(=O)N3CCN(c4ncc(C(F)(F)F)cn4)CC3)c2)n[nH]c(=O)c1C#C[Si](C(C)C)(C(C)C)C(C)C. The highest BCUT2D eigenvalue weighted by molar-refractivity contribution is 6.90. The van der Waals surface area contributed by atoms with E-state index in [-0.39, 0.29) is 23.3 Å². The quantitative estimate of drug-likeness (QED) is 0.242. The topological polar surface area (TPSA) is 104 Å². The first-order chi connectivity index (χ1) is 21.1. The van der Waals surface area contributed by atoms with E-state index in [0.717, 1.165) is 12.4 Å². The summed E-state index contributed by atoms with van der Waals surface area (Å²) in [7, 11) is -2.09. The Labute approximate surface area is 262 Å². The summed E-state index contributed by atoms with van der Waals surface area (Å²) in [5.74, 6) is 3.74. The van der Waals surface area contributed by atoms with Gasteiger partial charge in [0, 0.05) is 49.7 Å². The van der Waals surface area contributed by atoms with Gasteiger partial charge in [-0.2, -0.15) is 13.2 Å². The van der Waals surface area contributed by atoms with Crippen LogP contribution in [0, 0.1) is 18.4 Å². The molecule has 1 amide bonds. The molecule has 1 aromatic carbocycles. The maximum Gasteiger partial charge on any atom is 0.419 e. The molecule has 0 atom stereocenters. The summed E-state index contributed by atoms with van der Waals surface area (Å²) in [6, 6.07) is 6.69. The number of carbonyl (C=O) groups is 1. The van der Waals surface area contributed by atoms with Crippen molar-refractivity contribution in [2.24, 2.45) is 0 Å². The first-order valence-electron chi connectivity index (χ1n) is 15.0. The van der Waals surface area contributed by atoms with E-state index < -0.39 is 19.8 Å². The molecule has 45 heavy (non-hydrogen) atoms. The Hall–Kier alpha value is -4.18. The Morgan fingerprint density at radius 3 is 2.16 bits per heavy atom. The summed E-state index contributed by atoms with van der Waals surface area (Å²) >= 11 is 0. The Morgan fingerprint density at radius 1 is 1.00 bits per heavy atom. The lowest BCUT2D eigenvalue weighted by atomic mass is 10.1. The minimum absolute atomic E-state index is 0.184. The van der Waals surface area contributed by atoms with Crippen LogP contribution in [0.5, 0.6) is 11.6 Å². The minimum atomic E-state index is -4.51. The summed E-state index contributed by atoms with van der Waals surface area (Å²) < 4.78 is 44.6. The second kappa shape index (κ2) is 13.4. The molecule has 1 aliphatic heterocycles. The van der Waals surface area contributed by atoms with Gasteiger partial charge in [0.2, 0.25) is 11.8 Å². The van der Waals surface area contributed by atoms with Gasteiger partial charge in [0.1, 0.15) is 13.8 Å². The van der Waals surface area contributed by atoms with Crippen LogP contribution < -0.4 is 15.2 Å². The summed E-state index contributed by atoms with van der Waals surface area (Å²) in [6.45, 7) is 16.4. The van der Waals surface area contributed by atoms with Crippen LogP contribution in [0.2, 0.25) is 16.6 Å². The van der Waals surface area contributed by atoms with Crippen LogP contribution in [0.15, 0.2) is 41.5 Å². The lowest BCUT2D eigenvalue weighted by molar-refractivity contribution is -0.138. The Balaban J connectivity index is 1.49. The predicted molar refractivity (Wildman–Crippen MR) is 169 cm³/mol. The van der Waals surface area contributed by atoms with Crippen LogP contribution >= 0.6 is 0 Å². The number of halogens is 3. The fraction of sp³-hybridized carbons (Fsp3) is 0.469. The van der Waals surface area contributed by atoms with Crippen molar-refractivity contribution in [1.82, 2.24) is 25.1 Å². The zero-order valence-corrected chi connectivity index (χ0v) is 27.6. The monoisotopic (exact) mass is 640 g/mol. The number of alkyl halides is 3. The highest BCUT2D eigenvalue weighted by Gasteiger charge is 2.42. The van der Waals surface area contributed by atoms with E-state index in [4.69, 9.17) is 4.74 Å². The van der Waals surface area contributed by atoms with Crippen molar-refractivity contribution in [3.63, 3.8) is 0 Å². The number of rotatable bonds is 7. The van der Waals surface area contributed by atoms with Gasteiger partial charge in [-0.25, -0.2) is 15.1 Å². The summed E-state index contributed by atoms with van der Waals surface area (Å²) in [5, 5.41) is 6.62. The number of aromatic nitrogens is 4. The van der Waals surface area contributed by atoms with Gasteiger partial charge < -0.3 is 14.5 Å². The molecule has 0 radical (unpaired) electrons. The Bertz CT molecular complexity index is 1610. The number of nitrogens with one attached hydrogen (secondary N) is 1. The third-order valence-corrected chi connectivity index (χ3v) is 14.9. The molecule has 1 aliphatic rings. The molecule has 0 aliphatic carbocycles. The maximum absolute atomic E-state index is 13.3. The molecule has 0 spiro atoms. The largest absolute Gasteiger partial charge is 0.437 e. The van der Waals surface area contributed by atoms with Gasteiger partial charge in [0.05, 0.1) is 11.1 Å². The third-order valence-electron chi connectivity index (χ3n) is 8.56. The van der Waals surface area contributed by atoms with E-state index in [0.29, 0.717) is 65.2 Å². The zero-order chi connectivity index (χ0) is 33.1. The standard InChI is InChI=1S/C32H39F3N6O3Si/c1-20(2)45(21(3)4,22(5)6)16-11-27-23(7)29(39-38-28(27)42)44-26-10-8-9-24(17-26)30(43)40-12-14-41(15-13-40)31-36-18-25(19-37-31)32(33,34)35/h8-10,17-22H,12-15H2,1-7H3,(H,38,42). The fourth-order valence-electron chi connectivity index (χ4n) is 6.10. The van der Waals surface area contributed by atoms with E-state index in [1.807, 2.05) is 0 Å². The van der Waals surface area contributed by atoms with Crippen molar-refractivity contribution in [1.29, 1.82) is 0 Å². The first-order valence-corrected chi connectivity index (χ1v) is 17.2. The van der Waals surface area contributed by atoms with E-state index in [1.165, 1.54) is 0 Å². The average Bonchev–Trinajstić information content (AvgIpc) is 2.99. The molecule has 4 rings (SSSR count). The number of carbonyl (C=O) groups excluding carboxylic acids is 1. The predicted octanol–water partition coefficient (Wildman–Crippen LogP) is 6.21. The molecule has 0 bridgehead atoms. The van der Waals surface area contributed by atoms with Crippen molar-refractivity contribution in [3.05, 3.63) is 69.3 Å². The van der Waals surface area contributed by atoms with Crippen LogP contribution in [-0.2, 0) is 6.18 Å². The molecular formula is C32H39F3N6O3Si. The van der Waals surface area contributed by atoms with E-state index in [2.05, 4.69) is 73.2 Å². The lowest BCUT2D eigenvalue weighted by Crippen LogP contribution is -2.49. The third kappa shape index (κ3) is 7.22. The van der Waals surface area contributed by atoms with Crippen LogP contribution in [0.4, 0.5) is 19.1 Å². The van der Waals surface area contributed by atoms with Crippen molar-refractivity contribution in [3.8, 4) is 23.1 Å². The van der Waals surface area contributed by atoms with Gasteiger partial charge >= 0.3 is 6.18 Å². The van der Waals surface area contributed by atoms with Gasteiger partial charge in [0.25, 0.3) is 11.5 Å². The number of benzene rings is 1. The van der Waals surface area contributed by atoms with Gasteiger partial charge in [-0.15, -0.1) is 10.6 Å². The number of ether oxygens (including phenoxy) is 1. The summed E-state index contributed by atoms with van der Waals surface area (Å²) in [5.41, 5.74) is 4.75. The highest BCUT2D eigenvalue weighted by Crippen LogP contribution is 2.41. The molecule has 3 heterocycles. The van der Waals surface area contributed by atoms with Crippen LogP contribution in [0.3, 0.4) is 0 Å². The molecular weight excluding hydrogens is 601 g/mol. The van der Waals surface area contributed by atoms with Crippen LogP contribution in [0.25, 0.3) is 0 Å². The summed E-state index contributed by atoms with van der Waals surface area (Å²) in [6.07, 6.45) is -2.98. The number of hydrogen-bond donors (Lipinski definition) is 1. The molecule has 1 N–H and O–H groups in total. The van der Waals surface area contributed by atoms with Crippen molar-refractivity contribution in [2.75, 3.05) is 31.1 Å². The van der Waals surface area contributed by atoms with E-state index in [9.17, 15) is 22.8 Å². The van der Waals surface area contributed by atoms with Gasteiger partial charge in [-0.1, -0.05) is 53.5 Å². The fourth-order valence-corrected chi connectivity index (χ4v) is 11.3. The number of hydrogen-bond acceptors (Lipinski definition) is 7. The average molecular weight is 641 g/mol. The van der Waals surface area contributed by atoms with Crippen LogP contribution in [-0.4, -0.2) is 65.2 Å². The number of H-pyrrole nitrogens is 1. The molecule has 9 nitrogen and oxygen atoms in total. The molecule has 13 heteroatoms. The van der Waals surface area contributed by atoms with Crippen molar-refractivity contribution < 1.29 is 22.7 Å². The molecule has 240 valence electrons. The Morgan fingerprint density at radius 2 is 1.60 bits per heavy atom. The van der Waals surface area contributed by atoms with Crippen molar-refractivity contribution in [2.45, 2.75) is 71.3 Å². The zero-order valence-electron chi connectivity index (χ0n) is 26.6. The second-order valence-electron chi connectivity index (χ2n) is 12.2.